The molecule has 1 atom stereocenters. The van der Waals surface area contributed by atoms with Crippen LogP contribution in [0.1, 0.15) is 49.7 Å². The number of anilines is 1. The molecule has 2 aliphatic carbocycles. The molecule has 0 bridgehead atoms. The molecule has 1 unspecified atom stereocenters. The van der Waals surface area contributed by atoms with Crippen molar-refractivity contribution in [2.75, 3.05) is 19.0 Å². The summed E-state index contributed by atoms with van der Waals surface area (Å²) in [5.74, 6) is -0.234. The molecule has 1 fully saturated rings. The molecule has 1 saturated carbocycles. The lowest BCUT2D eigenvalue weighted by Gasteiger charge is -2.47. The minimum atomic E-state index is -0.954. The highest BCUT2D eigenvalue weighted by Gasteiger charge is 2.53. The van der Waals surface area contributed by atoms with Gasteiger partial charge >= 0.3 is 5.97 Å². The maximum Gasteiger partial charge on any atom is 0.329 e. The smallest absolute Gasteiger partial charge is 0.329 e. The Morgan fingerprint density at radius 3 is 2.63 bits per heavy atom. The molecule has 4 rings (SSSR count). The number of ether oxygens (including phenoxy) is 1. The van der Waals surface area contributed by atoms with Gasteiger partial charge in [-0.1, -0.05) is 41.9 Å². The lowest BCUT2D eigenvalue weighted by atomic mass is 9.60. The van der Waals surface area contributed by atoms with Gasteiger partial charge in [-0.15, -0.1) is 0 Å². The number of hydrogen-bond donors (Lipinski definition) is 2. The third kappa shape index (κ3) is 3.83. The zero-order chi connectivity index (χ0) is 21.2. The van der Waals surface area contributed by atoms with E-state index in [9.17, 15) is 9.90 Å². The van der Waals surface area contributed by atoms with Crippen molar-refractivity contribution in [2.45, 2.75) is 55.9 Å². The third-order valence-electron chi connectivity index (χ3n) is 7.32. The van der Waals surface area contributed by atoms with Gasteiger partial charge in [-0.05, 0) is 85.6 Å². The Morgan fingerprint density at radius 2 is 1.93 bits per heavy atom. The van der Waals surface area contributed by atoms with Crippen LogP contribution in [0.4, 0.5) is 5.69 Å². The minimum absolute atomic E-state index is 0.0687. The zero-order valence-electron chi connectivity index (χ0n) is 17.5. The summed E-state index contributed by atoms with van der Waals surface area (Å²) in [5, 5.41) is 14.1. The fourth-order valence-corrected chi connectivity index (χ4v) is 5.94. The number of carboxylic acids is 1. The van der Waals surface area contributed by atoms with E-state index < -0.39 is 11.5 Å². The fraction of sp³-hybridized carbons (Fsp3) is 0.480. The second-order valence-corrected chi connectivity index (χ2v) is 9.31. The van der Waals surface area contributed by atoms with Gasteiger partial charge in [-0.3, -0.25) is 0 Å². The Morgan fingerprint density at radius 1 is 1.17 bits per heavy atom. The molecule has 0 aliphatic heterocycles. The molecule has 2 aliphatic rings. The van der Waals surface area contributed by atoms with E-state index >= 15 is 0 Å². The van der Waals surface area contributed by atoms with Gasteiger partial charge in [0.05, 0.1) is 0 Å². The number of halogens is 1. The number of fused-ring (bicyclic) bond motifs is 2. The van der Waals surface area contributed by atoms with Gasteiger partial charge < -0.3 is 15.2 Å². The summed E-state index contributed by atoms with van der Waals surface area (Å²) in [5.41, 5.74) is 2.76. The van der Waals surface area contributed by atoms with Crippen molar-refractivity contribution >= 4 is 23.3 Å². The number of hydrogen-bond acceptors (Lipinski definition) is 3. The highest BCUT2D eigenvalue weighted by atomic mass is 35.5. The average Bonchev–Trinajstić information content (AvgIpc) is 3.03. The number of rotatable bonds is 7. The highest BCUT2D eigenvalue weighted by Crippen LogP contribution is 2.55. The maximum absolute atomic E-state index is 12.4. The molecular formula is C25H30ClNO3. The van der Waals surface area contributed by atoms with Crippen LogP contribution < -0.4 is 5.32 Å². The van der Waals surface area contributed by atoms with Gasteiger partial charge in [-0.2, -0.15) is 0 Å². The van der Waals surface area contributed by atoms with E-state index in [1.54, 1.807) is 19.2 Å². The van der Waals surface area contributed by atoms with E-state index in [1.165, 1.54) is 11.1 Å². The quantitative estimate of drug-likeness (QED) is 0.557. The van der Waals surface area contributed by atoms with Crippen LogP contribution in [0.3, 0.4) is 0 Å². The number of nitrogens with one attached hydrogen (secondary N) is 1. The van der Waals surface area contributed by atoms with Gasteiger partial charge in [-0.25, -0.2) is 4.79 Å². The lowest BCUT2D eigenvalue weighted by molar-refractivity contribution is -0.144. The Kier molecular flexibility index (Phi) is 6.08. The lowest BCUT2D eigenvalue weighted by Crippen LogP contribution is -2.53. The summed E-state index contributed by atoms with van der Waals surface area (Å²) < 4.78 is 5.30. The summed E-state index contributed by atoms with van der Waals surface area (Å²) in [7, 11) is 1.75. The summed E-state index contributed by atoms with van der Waals surface area (Å²) in [6.45, 7) is 0.776. The maximum atomic E-state index is 12.4. The summed E-state index contributed by atoms with van der Waals surface area (Å²) in [4.78, 5) is 12.4. The van der Waals surface area contributed by atoms with E-state index in [1.807, 2.05) is 12.1 Å². The van der Waals surface area contributed by atoms with Crippen LogP contribution in [0.2, 0.25) is 5.02 Å². The van der Waals surface area contributed by atoms with Gasteiger partial charge in [0.15, 0.2) is 0 Å². The molecule has 2 aromatic carbocycles. The second-order valence-electron chi connectivity index (χ2n) is 8.87. The molecule has 0 saturated heterocycles. The number of benzene rings is 2. The molecule has 2 N–H and O–H groups in total. The van der Waals surface area contributed by atoms with Gasteiger partial charge in [0.1, 0.15) is 5.54 Å². The zero-order valence-corrected chi connectivity index (χ0v) is 18.3. The van der Waals surface area contributed by atoms with Crippen LogP contribution >= 0.6 is 11.6 Å². The number of aliphatic carboxylic acids is 1. The molecule has 30 heavy (non-hydrogen) atoms. The predicted molar refractivity (Wildman–Crippen MR) is 120 cm³/mol. The molecular weight excluding hydrogens is 398 g/mol. The summed E-state index contributed by atoms with van der Waals surface area (Å²) in [6, 6.07) is 16.1. The molecule has 160 valence electrons. The molecule has 0 heterocycles. The van der Waals surface area contributed by atoms with E-state index in [4.69, 9.17) is 16.3 Å². The van der Waals surface area contributed by atoms with Crippen molar-refractivity contribution in [3.05, 3.63) is 64.7 Å². The van der Waals surface area contributed by atoms with Gasteiger partial charge in [0, 0.05) is 24.4 Å². The van der Waals surface area contributed by atoms with Crippen LogP contribution in [0.5, 0.6) is 0 Å². The van der Waals surface area contributed by atoms with Crippen LogP contribution in [0, 0.1) is 5.92 Å². The van der Waals surface area contributed by atoms with Crippen molar-refractivity contribution < 1.29 is 14.6 Å². The van der Waals surface area contributed by atoms with Crippen molar-refractivity contribution in [2.24, 2.45) is 5.92 Å². The molecule has 1 spiro atoms. The summed E-state index contributed by atoms with van der Waals surface area (Å²) >= 11 is 6.12. The Bertz CT molecular complexity index is 905. The normalized spacial score (nSPS) is 27.7. The molecule has 2 aromatic rings. The van der Waals surface area contributed by atoms with E-state index in [0.717, 1.165) is 44.4 Å². The SMILES string of the molecule is COCCCC1Cc2ccccc2C12CCC(Nc1cccc(Cl)c1)(C(=O)O)CC2. The average molecular weight is 428 g/mol. The first-order valence-electron chi connectivity index (χ1n) is 10.8. The first-order valence-corrected chi connectivity index (χ1v) is 11.2. The number of methoxy groups -OCH3 is 1. The molecule has 0 aromatic heterocycles. The minimum Gasteiger partial charge on any atom is -0.480 e. The third-order valence-corrected chi connectivity index (χ3v) is 7.55. The van der Waals surface area contributed by atoms with Gasteiger partial charge in [0.2, 0.25) is 0 Å². The van der Waals surface area contributed by atoms with Crippen molar-refractivity contribution in [1.82, 2.24) is 0 Å². The molecule has 4 nitrogen and oxygen atoms in total. The summed E-state index contributed by atoms with van der Waals surface area (Å²) in [6.07, 6.45) is 6.20. The molecule has 0 radical (unpaired) electrons. The molecule has 0 amide bonds. The predicted octanol–water partition coefficient (Wildman–Crippen LogP) is 5.69. The first-order chi connectivity index (χ1) is 14.5. The van der Waals surface area contributed by atoms with Crippen LogP contribution in [0.15, 0.2) is 48.5 Å². The highest BCUT2D eigenvalue weighted by molar-refractivity contribution is 6.30. The van der Waals surface area contributed by atoms with Gasteiger partial charge in [0.25, 0.3) is 0 Å². The Balaban J connectivity index is 1.59. The van der Waals surface area contributed by atoms with E-state index in [-0.39, 0.29) is 5.41 Å². The van der Waals surface area contributed by atoms with E-state index in [0.29, 0.717) is 23.8 Å². The van der Waals surface area contributed by atoms with Crippen molar-refractivity contribution in [1.29, 1.82) is 0 Å². The Labute approximate surface area is 183 Å². The number of carbonyl (C=O) groups is 1. The first kappa shape index (κ1) is 21.2. The topological polar surface area (TPSA) is 58.6 Å². The number of carboxylic acid groups (broad SMARTS) is 1. The van der Waals surface area contributed by atoms with Crippen LogP contribution in [-0.4, -0.2) is 30.3 Å². The Hall–Kier alpha value is -2.04. The second kappa shape index (κ2) is 8.60. The van der Waals surface area contributed by atoms with Crippen LogP contribution in [-0.2, 0) is 21.4 Å². The van der Waals surface area contributed by atoms with Crippen molar-refractivity contribution in [3.63, 3.8) is 0 Å². The van der Waals surface area contributed by atoms with E-state index in [2.05, 4.69) is 29.6 Å². The molecule has 5 heteroatoms. The fourth-order valence-electron chi connectivity index (χ4n) is 5.75. The van der Waals surface area contributed by atoms with Crippen molar-refractivity contribution in [3.8, 4) is 0 Å². The van der Waals surface area contributed by atoms with Crippen LogP contribution in [0.25, 0.3) is 0 Å². The largest absolute Gasteiger partial charge is 0.480 e. The standard InChI is InChI=1S/C25H30ClNO3/c1-30-15-5-7-19-16-18-6-2-3-10-22(18)24(19)11-13-25(14-12-24,23(28)29)27-21-9-4-8-20(26)17-21/h2-4,6,8-10,17,19,27H,5,7,11-16H2,1H3,(H,28,29). The monoisotopic (exact) mass is 427 g/mol.